The molecule has 160 valence electrons. The Kier molecular flexibility index (Phi) is 5.46. The lowest BCUT2D eigenvalue weighted by atomic mass is 9.95. The van der Waals surface area contributed by atoms with Gasteiger partial charge in [0.05, 0.1) is 18.4 Å². The molecule has 31 heavy (non-hydrogen) atoms. The molecule has 0 N–H and O–H groups in total. The predicted octanol–water partition coefficient (Wildman–Crippen LogP) is 4.03. The molecule has 0 radical (unpaired) electrons. The quantitative estimate of drug-likeness (QED) is 0.616. The summed E-state index contributed by atoms with van der Waals surface area (Å²) in [5.41, 5.74) is 5.70. The molecule has 1 fully saturated rings. The maximum Gasteiger partial charge on any atom is 0.288 e. The molecule has 5 rings (SSSR count). The van der Waals surface area contributed by atoms with E-state index in [4.69, 9.17) is 16.3 Å². The Labute approximate surface area is 185 Å². The summed E-state index contributed by atoms with van der Waals surface area (Å²) in [6, 6.07) is 8.30. The van der Waals surface area contributed by atoms with Crippen LogP contribution in [0.25, 0.3) is 11.6 Å². The van der Waals surface area contributed by atoms with Crippen LogP contribution in [0.2, 0.25) is 5.02 Å². The average molecular weight is 438 g/mol. The van der Waals surface area contributed by atoms with Crippen LogP contribution in [0.5, 0.6) is 0 Å². The Morgan fingerprint density at radius 1 is 1.23 bits per heavy atom. The van der Waals surface area contributed by atoms with Crippen LogP contribution in [0.1, 0.15) is 60.0 Å². The number of hydrogen-bond acceptors (Lipinski definition) is 5. The van der Waals surface area contributed by atoms with E-state index in [-0.39, 0.29) is 16.8 Å². The molecule has 3 heterocycles. The van der Waals surface area contributed by atoms with Crippen LogP contribution in [-0.2, 0) is 17.7 Å². The molecule has 7 nitrogen and oxygen atoms in total. The number of allylic oxidation sites excluding steroid dienone is 1. The summed E-state index contributed by atoms with van der Waals surface area (Å²) in [5, 5.41) is 13.3. The fourth-order valence-electron chi connectivity index (χ4n) is 4.28. The van der Waals surface area contributed by atoms with E-state index in [0.29, 0.717) is 18.7 Å². The van der Waals surface area contributed by atoms with Crippen molar-refractivity contribution in [3.8, 4) is 0 Å². The molecule has 1 aromatic carbocycles. The van der Waals surface area contributed by atoms with Gasteiger partial charge in [-0.05, 0) is 61.8 Å². The lowest BCUT2D eigenvalue weighted by Crippen LogP contribution is -2.31. The molecule has 3 aromatic rings. The first-order chi connectivity index (χ1) is 15.1. The number of aromatic nitrogens is 5. The van der Waals surface area contributed by atoms with Crippen LogP contribution in [0, 0.1) is 6.92 Å². The van der Waals surface area contributed by atoms with Crippen molar-refractivity contribution in [1.82, 2.24) is 24.8 Å². The molecule has 0 saturated carbocycles. The van der Waals surface area contributed by atoms with E-state index >= 15 is 0 Å². The van der Waals surface area contributed by atoms with E-state index < -0.39 is 0 Å². The van der Waals surface area contributed by atoms with Gasteiger partial charge in [0.2, 0.25) is 0 Å². The summed E-state index contributed by atoms with van der Waals surface area (Å²) in [6.45, 7) is 3.44. The smallest absolute Gasteiger partial charge is 0.288 e. The van der Waals surface area contributed by atoms with Crippen molar-refractivity contribution in [3.63, 3.8) is 0 Å². The number of fused-ring (bicyclic) bond motifs is 1. The molecule has 1 aliphatic carbocycles. The Morgan fingerprint density at radius 2 is 2.10 bits per heavy atom. The number of hydrogen-bond donors (Lipinski definition) is 0. The highest BCUT2D eigenvalue weighted by atomic mass is 35.5. The second-order valence-electron chi connectivity index (χ2n) is 8.12. The van der Waals surface area contributed by atoms with E-state index in [1.165, 1.54) is 15.8 Å². The highest BCUT2D eigenvalue weighted by Crippen LogP contribution is 2.32. The topological polar surface area (TPSA) is 74.8 Å². The second kappa shape index (κ2) is 8.40. The largest absolute Gasteiger partial charge is 0.356 e. The van der Waals surface area contributed by atoms with Gasteiger partial charge >= 0.3 is 0 Å². The van der Waals surface area contributed by atoms with E-state index in [0.717, 1.165) is 49.1 Å². The third kappa shape index (κ3) is 3.83. The van der Waals surface area contributed by atoms with E-state index in [9.17, 15) is 4.79 Å². The third-order valence-electron chi connectivity index (χ3n) is 6.11. The normalized spacial score (nSPS) is 18.5. The highest BCUT2D eigenvalue weighted by molar-refractivity contribution is 6.32. The molecule has 1 atom stereocenters. The van der Waals surface area contributed by atoms with Gasteiger partial charge in [0.1, 0.15) is 10.7 Å². The fraction of sp³-hybridized carbons (Fsp3) is 0.391. The summed E-state index contributed by atoms with van der Waals surface area (Å²) < 4.78 is 9.03. The zero-order valence-electron chi connectivity index (χ0n) is 17.4. The van der Waals surface area contributed by atoms with E-state index in [1.807, 2.05) is 22.9 Å². The predicted molar refractivity (Wildman–Crippen MR) is 119 cm³/mol. The Balaban J connectivity index is 1.43. The van der Waals surface area contributed by atoms with Gasteiger partial charge in [-0.25, -0.2) is 4.68 Å². The summed E-state index contributed by atoms with van der Waals surface area (Å²) in [6.07, 6.45) is 7.66. The number of ether oxygens (including phenoxy) is 1. The lowest BCUT2D eigenvalue weighted by molar-refractivity contribution is -0.0424. The van der Waals surface area contributed by atoms with Crippen molar-refractivity contribution < 1.29 is 4.74 Å². The van der Waals surface area contributed by atoms with Gasteiger partial charge < -0.3 is 4.74 Å². The van der Waals surface area contributed by atoms with Gasteiger partial charge in [0.25, 0.3) is 5.56 Å². The van der Waals surface area contributed by atoms with Gasteiger partial charge in [0.15, 0.2) is 6.23 Å². The van der Waals surface area contributed by atoms with Crippen LogP contribution in [0.15, 0.2) is 35.3 Å². The molecule has 2 aromatic heterocycles. The third-order valence-corrected chi connectivity index (χ3v) is 6.47. The second-order valence-corrected chi connectivity index (χ2v) is 8.50. The Hall–Kier alpha value is -2.77. The van der Waals surface area contributed by atoms with Crippen molar-refractivity contribution in [3.05, 3.63) is 73.9 Å². The Morgan fingerprint density at radius 3 is 2.90 bits per heavy atom. The van der Waals surface area contributed by atoms with Crippen molar-refractivity contribution in [2.75, 3.05) is 6.61 Å². The van der Waals surface area contributed by atoms with Crippen molar-refractivity contribution >= 4 is 23.3 Å². The van der Waals surface area contributed by atoms with Gasteiger partial charge in [0, 0.05) is 12.2 Å². The highest BCUT2D eigenvalue weighted by Gasteiger charge is 2.24. The molecule has 2 aliphatic rings. The van der Waals surface area contributed by atoms with Crippen molar-refractivity contribution in [2.24, 2.45) is 0 Å². The first kappa shape index (κ1) is 20.2. The van der Waals surface area contributed by atoms with Crippen molar-refractivity contribution in [2.45, 2.75) is 51.8 Å². The minimum absolute atomic E-state index is 0.186. The minimum Gasteiger partial charge on any atom is -0.356 e. The summed E-state index contributed by atoms with van der Waals surface area (Å²) in [5.74, 6) is 0. The van der Waals surface area contributed by atoms with Crippen LogP contribution in [0.3, 0.4) is 0 Å². The van der Waals surface area contributed by atoms with Crippen LogP contribution < -0.4 is 5.56 Å². The monoisotopic (exact) mass is 437 g/mol. The number of halogens is 1. The Bertz CT molecular complexity index is 1210. The standard InChI is InChI=1S/C23H24ClN5O2/c1-15-6-2-3-7-17(15)14-28-20-10-9-16(12-19(20)26-27-28)18-13-25-29(23(30)22(18)24)21-8-4-5-11-31-21/h2-3,6-7,12-13,21H,4-5,8-11,14H2,1H3. The minimum atomic E-state index is -0.332. The van der Waals surface area contributed by atoms with Gasteiger partial charge in [-0.2, -0.15) is 9.78 Å². The molecule has 0 bridgehead atoms. The molecule has 8 heteroatoms. The zero-order valence-corrected chi connectivity index (χ0v) is 18.2. The number of nitrogens with zero attached hydrogens (tertiary/aromatic N) is 5. The van der Waals surface area contributed by atoms with Crippen molar-refractivity contribution in [1.29, 1.82) is 0 Å². The van der Waals surface area contributed by atoms with E-state index in [1.54, 1.807) is 6.20 Å². The summed E-state index contributed by atoms with van der Waals surface area (Å²) >= 11 is 6.50. The lowest BCUT2D eigenvalue weighted by Gasteiger charge is -2.24. The summed E-state index contributed by atoms with van der Waals surface area (Å²) in [4.78, 5) is 12.8. The van der Waals surface area contributed by atoms with E-state index in [2.05, 4.69) is 34.5 Å². The molecule has 1 saturated heterocycles. The summed E-state index contributed by atoms with van der Waals surface area (Å²) in [7, 11) is 0. The SMILES string of the molecule is Cc1ccccc1Cn1nnc2c1CCC(c1cnn(C3CCCCO3)c(=O)c1Cl)=C2. The first-order valence-corrected chi connectivity index (χ1v) is 11.1. The van der Waals surface area contributed by atoms with Gasteiger partial charge in [-0.1, -0.05) is 41.1 Å². The molecular formula is C23H24ClN5O2. The molecule has 1 aliphatic heterocycles. The fourth-order valence-corrected chi connectivity index (χ4v) is 4.54. The average Bonchev–Trinajstić information content (AvgIpc) is 3.20. The molecule has 0 amide bonds. The van der Waals surface area contributed by atoms with Crippen LogP contribution >= 0.6 is 11.6 Å². The van der Waals surface area contributed by atoms with Gasteiger partial charge in [-0.3, -0.25) is 4.79 Å². The first-order valence-electron chi connectivity index (χ1n) is 10.7. The maximum absolute atomic E-state index is 12.8. The molecule has 1 unspecified atom stereocenters. The number of aryl methyl sites for hydroxylation is 1. The number of benzene rings is 1. The van der Waals surface area contributed by atoms with Gasteiger partial charge in [-0.15, -0.1) is 5.10 Å². The van der Waals surface area contributed by atoms with Crippen LogP contribution in [0.4, 0.5) is 0 Å². The number of rotatable bonds is 4. The van der Waals surface area contributed by atoms with Crippen LogP contribution in [-0.4, -0.2) is 31.4 Å². The maximum atomic E-state index is 12.8. The molecular weight excluding hydrogens is 414 g/mol. The molecule has 0 spiro atoms. The zero-order chi connectivity index (χ0) is 21.4.